The Balaban J connectivity index is 5.26. The van der Waals surface area contributed by atoms with Crippen molar-refractivity contribution in [3.05, 3.63) is 0 Å². The number of nitrogens with zero attached hydrogens (tertiary/aromatic N) is 2. The molecule has 0 heterocycles. The lowest BCUT2D eigenvalue weighted by atomic mass is 10.3. The lowest BCUT2D eigenvalue weighted by Crippen LogP contribution is -2.48. The summed E-state index contributed by atoms with van der Waals surface area (Å²) in [6.07, 6.45) is 0.918. The van der Waals surface area contributed by atoms with Crippen LogP contribution in [0, 0.1) is 0 Å². The van der Waals surface area contributed by atoms with Crippen molar-refractivity contribution in [1.29, 1.82) is 0 Å². The Hall–Kier alpha value is -0.730. The molecule has 0 saturated heterocycles. The highest BCUT2D eigenvalue weighted by molar-refractivity contribution is 7.92. The molecule has 0 bridgehead atoms. The fraction of sp³-hybridized carbons (Fsp3) is 0.818. The second-order valence-corrected chi connectivity index (χ2v) is 7.05. The number of sulfonamides is 1. The van der Waals surface area contributed by atoms with Crippen molar-refractivity contribution >= 4 is 33.1 Å². The molecule has 0 aliphatic rings. The number of likely N-dealkylation sites (N-methyl/N-ethyl adjacent to an activating group) is 1. The molecule has 0 spiro atoms. The summed E-state index contributed by atoms with van der Waals surface area (Å²) in [7, 11) is -0.509. The second kappa shape index (κ2) is 7.76. The molecule has 1 amide bonds. The summed E-state index contributed by atoms with van der Waals surface area (Å²) >= 11 is 4.81. The zero-order valence-electron chi connectivity index (χ0n) is 11.9. The Bertz CT molecular complexity index is 421. The van der Waals surface area contributed by atoms with Crippen LogP contribution in [0.4, 0.5) is 0 Å². The third-order valence-electron chi connectivity index (χ3n) is 2.69. The predicted molar refractivity (Wildman–Crippen MR) is 80.3 cm³/mol. The molecule has 0 aromatic heterocycles. The fourth-order valence-electron chi connectivity index (χ4n) is 1.58. The zero-order chi connectivity index (χ0) is 15.2. The van der Waals surface area contributed by atoms with E-state index in [1.165, 1.54) is 9.21 Å². The number of amides is 1. The monoisotopic (exact) mass is 309 g/mol. The maximum absolute atomic E-state index is 12.4. The van der Waals surface area contributed by atoms with E-state index in [0.717, 1.165) is 0 Å². The van der Waals surface area contributed by atoms with Gasteiger partial charge in [0.15, 0.2) is 0 Å². The number of carbonyl (C=O) groups excluding carboxylic acids is 1. The molecule has 0 rings (SSSR count). The van der Waals surface area contributed by atoms with Gasteiger partial charge >= 0.3 is 0 Å². The molecule has 0 aromatic carbocycles. The Kier molecular flexibility index (Phi) is 7.46. The average Bonchev–Trinajstić information content (AvgIpc) is 2.27. The minimum Gasteiger partial charge on any atom is -0.392 e. The number of hydrogen-bond acceptors (Lipinski definition) is 4. The maximum atomic E-state index is 12.4. The number of nitrogens with two attached hydrogens (primary N) is 1. The Morgan fingerprint density at radius 1 is 1.32 bits per heavy atom. The minimum absolute atomic E-state index is 0.0547. The summed E-state index contributed by atoms with van der Waals surface area (Å²) in [5, 5.41) is -0.913. The Labute approximate surface area is 121 Å². The standard InChI is InChI=1S/C11H23N3O3S2/c1-5-7-14(8-10(15)13(3)4)19(16,17)9(6-2)11(12)18/h9H,5-8H2,1-4H3,(H2,12,18). The molecule has 0 fully saturated rings. The van der Waals surface area contributed by atoms with E-state index >= 15 is 0 Å². The van der Waals surface area contributed by atoms with Crippen molar-refractivity contribution in [2.24, 2.45) is 5.73 Å². The van der Waals surface area contributed by atoms with E-state index < -0.39 is 15.3 Å². The van der Waals surface area contributed by atoms with Gasteiger partial charge in [0.05, 0.1) is 11.5 Å². The lowest BCUT2D eigenvalue weighted by Gasteiger charge is -2.26. The van der Waals surface area contributed by atoms with Gasteiger partial charge in [-0.3, -0.25) is 4.79 Å². The highest BCUT2D eigenvalue weighted by Crippen LogP contribution is 2.14. The van der Waals surface area contributed by atoms with Crippen molar-refractivity contribution in [3.8, 4) is 0 Å². The van der Waals surface area contributed by atoms with E-state index in [0.29, 0.717) is 12.8 Å². The van der Waals surface area contributed by atoms with Gasteiger partial charge in [-0.2, -0.15) is 4.31 Å². The molecule has 0 aromatic rings. The second-order valence-electron chi connectivity index (χ2n) is 4.47. The minimum atomic E-state index is -3.68. The van der Waals surface area contributed by atoms with Gasteiger partial charge in [-0.05, 0) is 12.8 Å². The van der Waals surface area contributed by atoms with Crippen LogP contribution in [0.1, 0.15) is 26.7 Å². The van der Waals surface area contributed by atoms with Crippen LogP contribution in [0.3, 0.4) is 0 Å². The van der Waals surface area contributed by atoms with Crippen LogP contribution < -0.4 is 5.73 Å². The number of carbonyl (C=O) groups is 1. The topological polar surface area (TPSA) is 83.7 Å². The fourth-order valence-corrected chi connectivity index (χ4v) is 3.91. The number of thiocarbonyl (C=S) groups is 1. The predicted octanol–water partition coefficient (Wildman–Crippen LogP) is 0.181. The van der Waals surface area contributed by atoms with Crippen LogP contribution in [0.2, 0.25) is 0 Å². The first-order chi connectivity index (χ1) is 8.68. The van der Waals surface area contributed by atoms with Gasteiger partial charge in [0.1, 0.15) is 5.25 Å². The lowest BCUT2D eigenvalue weighted by molar-refractivity contribution is -0.128. The van der Waals surface area contributed by atoms with Gasteiger partial charge in [0.2, 0.25) is 15.9 Å². The van der Waals surface area contributed by atoms with Crippen LogP contribution >= 0.6 is 12.2 Å². The van der Waals surface area contributed by atoms with E-state index in [9.17, 15) is 13.2 Å². The van der Waals surface area contributed by atoms with Crippen LogP contribution in [-0.4, -0.2) is 61.0 Å². The summed E-state index contributed by atoms with van der Waals surface area (Å²) in [5.41, 5.74) is 5.49. The van der Waals surface area contributed by atoms with Crippen molar-refractivity contribution < 1.29 is 13.2 Å². The van der Waals surface area contributed by atoms with Crippen LogP contribution in [-0.2, 0) is 14.8 Å². The van der Waals surface area contributed by atoms with Gasteiger partial charge in [-0.25, -0.2) is 8.42 Å². The highest BCUT2D eigenvalue weighted by Gasteiger charge is 2.33. The van der Waals surface area contributed by atoms with Crippen LogP contribution in [0.5, 0.6) is 0 Å². The third-order valence-corrected chi connectivity index (χ3v) is 5.46. The summed E-state index contributed by atoms with van der Waals surface area (Å²) in [4.78, 5) is 13.0. The van der Waals surface area contributed by atoms with Crippen molar-refractivity contribution in [1.82, 2.24) is 9.21 Å². The first-order valence-electron chi connectivity index (χ1n) is 6.16. The summed E-state index contributed by atoms with van der Waals surface area (Å²) in [6, 6.07) is 0. The third kappa shape index (κ3) is 5.04. The van der Waals surface area contributed by atoms with E-state index in [1.807, 2.05) is 6.92 Å². The first kappa shape index (κ1) is 18.3. The molecule has 6 nitrogen and oxygen atoms in total. The molecule has 8 heteroatoms. The smallest absolute Gasteiger partial charge is 0.237 e. The Morgan fingerprint density at radius 2 is 1.84 bits per heavy atom. The summed E-state index contributed by atoms with van der Waals surface area (Å²) < 4.78 is 26.0. The van der Waals surface area contributed by atoms with Gasteiger partial charge in [0.25, 0.3) is 0 Å². The molecule has 0 aliphatic carbocycles. The zero-order valence-corrected chi connectivity index (χ0v) is 13.6. The van der Waals surface area contributed by atoms with Gasteiger partial charge in [-0.1, -0.05) is 26.1 Å². The average molecular weight is 309 g/mol. The first-order valence-corrected chi connectivity index (χ1v) is 8.08. The number of rotatable bonds is 8. The summed E-state index contributed by atoms with van der Waals surface area (Å²) in [6.45, 7) is 3.66. The molecular formula is C11H23N3O3S2. The molecule has 2 N–H and O–H groups in total. The largest absolute Gasteiger partial charge is 0.392 e. The van der Waals surface area contributed by atoms with E-state index in [1.54, 1.807) is 21.0 Å². The molecule has 0 radical (unpaired) electrons. The van der Waals surface area contributed by atoms with E-state index in [-0.39, 0.29) is 24.0 Å². The molecule has 0 saturated carbocycles. The van der Waals surface area contributed by atoms with E-state index in [4.69, 9.17) is 18.0 Å². The Morgan fingerprint density at radius 3 is 2.16 bits per heavy atom. The van der Waals surface area contributed by atoms with Gasteiger partial charge < -0.3 is 10.6 Å². The van der Waals surface area contributed by atoms with Gasteiger partial charge in [-0.15, -0.1) is 0 Å². The normalized spacial score (nSPS) is 13.3. The maximum Gasteiger partial charge on any atom is 0.237 e. The van der Waals surface area contributed by atoms with Crippen LogP contribution in [0.25, 0.3) is 0 Å². The molecule has 19 heavy (non-hydrogen) atoms. The quantitative estimate of drug-likeness (QED) is 0.647. The van der Waals surface area contributed by atoms with Crippen molar-refractivity contribution in [2.45, 2.75) is 31.9 Å². The molecular weight excluding hydrogens is 286 g/mol. The van der Waals surface area contributed by atoms with E-state index in [2.05, 4.69) is 0 Å². The molecule has 1 atom stereocenters. The van der Waals surface area contributed by atoms with Crippen molar-refractivity contribution in [3.63, 3.8) is 0 Å². The number of hydrogen-bond donors (Lipinski definition) is 1. The molecule has 0 aliphatic heterocycles. The molecule has 112 valence electrons. The van der Waals surface area contributed by atoms with Gasteiger partial charge in [0, 0.05) is 20.6 Å². The SMILES string of the molecule is CCCN(CC(=O)N(C)C)S(=O)(=O)C(CC)C(N)=S. The highest BCUT2D eigenvalue weighted by atomic mass is 32.2. The summed E-state index contributed by atoms with van der Waals surface area (Å²) in [5.74, 6) is -0.269. The molecule has 1 unspecified atom stereocenters. The van der Waals surface area contributed by atoms with Crippen LogP contribution in [0.15, 0.2) is 0 Å². The van der Waals surface area contributed by atoms with Crippen molar-refractivity contribution in [2.75, 3.05) is 27.2 Å².